The minimum absolute atomic E-state index is 0.306. The molecule has 0 radical (unpaired) electrons. The van der Waals surface area contributed by atoms with Crippen molar-refractivity contribution in [1.29, 1.82) is 0 Å². The molecule has 0 amide bonds. The van der Waals surface area contributed by atoms with Crippen molar-refractivity contribution in [2.45, 2.75) is 13.3 Å². The highest BCUT2D eigenvalue weighted by molar-refractivity contribution is 6.33. The van der Waals surface area contributed by atoms with Gasteiger partial charge in [-0.25, -0.2) is 4.98 Å². The standard InChI is InChI=1S/C20H26ClN5O3/c1-5-8-25(9-10-27-2)20-18(29-4)19(22)23-17-12-16(24-26(17)20)14-7-6-13(28-3)11-15(14)21/h6-7,11-12H,5,8-10H2,1-4H3,(H2,22,23). The fraction of sp³-hybridized carbons (Fsp3) is 0.400. The lowest BCUT2D eigenvalue weighted by atomic mass is 10.1. The predicted molar refractivity (Wildman–Crippen MR) is 115 cm³/mol. The maximum Gasteiger partial charge on any atom is 0.204 e. The van der Waals surface area contributed by atoms with Gasteiger partial charge in [0.2, 0.25) is 5.75 Å². The first kappa shape index (κ1) is 21.0. The smallest absolute Gasteiger partial charge is 0.204 e. The highest BCUT2D eigenvalue weighted by atomic mass is 35.5. The van der Waals surface area contributed by atoms with Gasteiger partial charge in [-0.3, -0.25) is 0 Å². The van der Waals surface area contributed by atoms with Gasteiger partial charge in [0.15, 0.2) is 17.3 Å². The lowest BCUT2D eigenvalue weighted by Gasteiger charge is -2.26. The van der Waals surface area contributed by atoms with Crippen LogP contribution in [0.2, 0.25) is 5.02 Å². The van der Waals surface area contributed by atoms with Crippen molar-refractivity contribution < 1.29 is 14.2 Å². The average Bonchev–Trinajstić information content (AvgIpc) is 3.13. The van der Waals surface area contributed by atoms with Gasteiger partial charge in [-0.15, -0.1) is 0 Å². The van der Waals surface area contributed by atoms with Gasteiger partial charge in [0, 0.05) is 31.8 Å². The summed E-state index contributed by atoms with van der Waals surface area (Å²) in [5, 5.41) is 5.31. The molecule has 0 aliphatic carbocycles. The van der Waals surface area contributed by atoms with E-state index in [1.165, 1.54) is 0 Å². The lowest BCUT2D eigenvalue weighted by molar-refractivity contribution is 0.204. The second-order valence-electron chi connectivity index (χ2n) is 6.48. The molecule has 3 rings (SSSR count). The van der Waals surface area contributed by atoms with Crippen molar-refractivity contribution in [3.8, 4) is 22.8 Å². The van der Waals surface area contributed by atoms with Crippen LogP contribution in [0.15, 0.2) is 24.3 Å². The average molecular weight is 420 g/mol. The fourth-order valence-electron chi connectivity index (χ4n) is 3.22. The molecule has 0 saturated carbocycles. The number of nitrogens with two attached hydrogens (primary N) is 1. The van der Waals surface area contributed by atoms with Crippen LogP contribution in [0, 0.1) is 0 Å². The van der Waals surface area contributed by atoms with Crippen LogP contribution in [0.5, 0.6) is 11.5 Å². The van der Waals surface area contributed by atoms with Gasteiger partial charge in [-0.1, -0.05) is 18.5 Å². The van der Waals surface area contributed by atoms with Gasteiger partial charge >= 0.3 is 0 Å². The zero-order valence-electron chi connectivity index (χ0n) is 17.1. The van der Waals surface area contributed by atoms with E-state index in [0.717, 1.165) is 24.3 Å². The van der Waals surface area contributed by atoms with Gasteiger partial charge in [-0.05, 0) is 24.6 Å². The maximum atomic E-state index is 6.45. The number of aromatic nitrogens is 3. The molecular weight excluding hydrogens is 394 g/mol. The van der Waals surface area contributed by atoms with Gasteiger partial charge < -0.3 is 24.8 Å². The molecule has 0 bridgehead atoms. The summed E-state index contributed by atoms with van der Waals surface area (Å²) in [6.07, 6.45) is 0.940. The maximum absolute atomic E-state index is 6.45. The molecule has 29 heavy (non-hydrogen) atoms. The Morgan fingerprint density at radius 2 is 1.93 bits per heavy atom. The van der Waals surface area contributed by atoms with Gasteiger partial charge in [0.25, 0.3) is 0 Å². The number of halogens is 1. The van der Waals surface area contributed by atoms with Crippen LogP contribution >= 0.6 is 11.6 Å². The first-order valence-corrected chi connectivity index (χ1v) is 9.72. The number of fused-ring (bicyclic) bond motifs is 1. The Balaban J connectivity index is 2.19. The third-order valence-electron chi connectivity index (χ3n) is 4.58. The molecule has 0 fully saturated rings. The van der Waals surface area contributed by atoms with Crippen molar-refractivity contribution >= 4 is 28.9 Å². The van der Waals surface area contributed by atoms with Crippen LogP contribution in [0.1, 0.15) is 13.3 Å². The Kier molecular flexibility index (Phi) is 6.66. The highest BCUT2D eigenvalue weighted by Gasteiger charge is 2.22. The molecular formula is C20H26ClN5O3. The minimum Gasteiger partial charge on any atom is -0.497 e. The SMILES string of the molecule is CCCN(CCOC)c1c(OC)c(N)nc2cc(-c3ccc(OC)cc3Cl)nn12. The number of hydrogen-bond acceptors (Lipinski definition) is 7. The number of nitrogens with zero attached hydrogens (tertiary/aromatic N) is 4. The molecule has 9 heteroatoms. The third kappa shape index (κ3) is 4.18. The number of anilines is 2. The Labute approximate surface area is 175 Å². The second-order valence-corrected chi connectivity index (χ2v) is 6.89. The minimum atomic E-state index is 0.306. The lowest BCUT2D eigenvalue weighted by Crippen LogP contribution is -2.31. The van der Waals surface area contributed by atoms with Crippen LogP contribution in [-0.2, 0) is 4.74 Å². The van der Waals surface area contributed by atoms with Crippen LogP contribution in [0.4, 0.5) is 11.6 Å². The predicted octanol–water partition coefficient (Wildman–Crippen LogP) is 3.51. The third-order valence-corrected chi connectivity index (χ3v) is 4.89. The topological polar surface area (TPSA) is 87.1 Å². The monoisotopic (exact) mass is 419 g/mol. The molecule has 156 valence electrons. The number of benzene rings is 1. The van der Waals surface area contributed by atoms with Crippen molar-refractivity contribution in [2.75, 3.05) is 51.7 Å². The van der Waals surface area contributed by atoms with E-state index >= 15 is 0 Å². The molecule has 2 N–H and O–H groups in total. The van der Waals surface area contributed by atoms with Crippen molar-refractivity contribution in [2.24, 2.45) is 0 Å². The van der Waals surface area contributed by atoms with E-state index in [9.17, 15) is 0 Å². The van der Waals surface area contributed by atoms with Gasteiger partial charge in [0.1, 0.15) is 5.75 Å². The van der Waals surface area contributed by atoms with E-state index in [4.69, 9.17) is 36.6 Å². The molecule has 1 aromatic carbocycles. The van der Waals surface area contributed by atoms with Crippen LogP contribution < -0.4 is 20.1 Å². The summed E-state index contributed by atoms with van der Waals surface area (Å²) < 4.78 is 17.8. The van der Waals surface area contributed by atoms with Crippen LogP contribution in [0.25, 0.3) is 16.9 Å². The zero-order chi connectivity index (χ0) is 21.0. The molecule has 8 nitrogen and oxygen atoms in total. The van der Waals surface area contributed by atoms with Crippen molar-refractivity contribution in [3.63, 3.8) is 0 Å². The van der Waals surface area contributed by atoms with Gasteiger partial charge in [-0.2, -0.15) is 9.61 Å². The van der Waals surface area contributed by atoms with E-state index < -0.39 is 0 Å². The molecule has 0 unspecified atom stereocenters. The molecule has 0 spiro atoms. The molecule has 3 aromatic rings. The Morgan fingerprint density at radius 3 is 2.55 bits per heavy atom. The molecule has 0 atom stereocenters. The number of nitrogen functional groups attached to an aromatic ring is 1. The summed E-state index contributed by atoms with van der Waals surface area (Å²) >= 11 is 6.45. The Bertz CT molecular complexity index is 992. The van der Waals surface area contributed by atoms with E-state index in [1.54, 1.807) is 31.9 Å². The van der Waals surface area contributed by atoms with E-state index in [0.29, 0.717) is 46.8 Å². The highest BCUT2D eigenvalue weighted by Crippen LogP contribution is 2.36. The van der Waals surface area contributed by atoms with E-state index in [-0.39, 0.29) is 0 Å². The van der Waals surface area contributed by atoms with Gasteiger partial charge in [0.05, 0.1) is 31.5 Å². The normalized spacial score (nSPS) is 11.1. The summed E-state index contributed by atoms with van der Waals surface area (Å²) in [6.45, 7) is 4.12. The Morgan fingerprint density at radius 1 is 1.14 bits per heavy atom. The molecule has 0 aliphatic heterocycles. The largest absolute Gasteiger partial charge is 0.497 e. The number of ether oxygens (including phenoxy) is 3. The summed E-state index contributed by atoms with van der Waals surface area (Å²) in [5.41, 5.74) is 8.27. The van der Waals surface area contributed by atoms with E-state index in [2.05, 4.69) is 16.8 Å². The molecule has 0 aliphatic rings. The first-order chi connectivity index (χ1) is 14.0. The summed E-state index contributed by atoms with van der Waals surface area (Å²) in [5.74, 6) is 2.21. The summed E-state index contributed by atoms with van der Waals surface area (Å²) in [7, 11) is 4.85. The van der Waals surface area contributed by atoms with E-state index in [1.807, 2.05) is 18.2 Å². The number of rotatable bonds is 9. The van der Waals surface area contributed by atoms with Crippen molar-refractivity contribution in [3.05, 3.63) is 29.3 Å². The fourth-order valence-corrected chi connectivity index (χ4v) is 3.49. The van der Waals surface area contributed by atoms with Crippen molar-refractivity contribution in [1.82, 2.24) is 14.6 Å². The quantitative estimate of drug-likeness (QED) is 0.567. The number of methoxy groups -OCH3 is 3. The Hall–Kier alpha value is -2.71. The number of hydrogen-bond donors (Lipinski definition) is 1. The molecule has 0 saturated heterocycles. The van der Waals surface area contributed by atoms with Crippen LogP contribution in [-0.4, -0.2) is 55.6 Å². The van der Waals surface area contributed by atoms with Crippen LogP contribution in [0.3, 0.4) is 0 Å². The zero-order valence-corrected chi connectivity index (χ0v) is 17.9. The summed E-state index contributed by atoms with van der Waals surface area (Å²) in [4.78, 5) is 6.61. The molecule has 2 aromatic heterocycles. The molecule has 2 heterocycles. The second kappa shape index (κ2) is 9.19. The summed E-state index contributed by atoms with van der Waals surface area (Å²) in [6, 6.07) is 7.33. The first-order valence-electron chi connectivity index (χ1n) is 9.35.